The van der Waals surface area contributed by atoms with Crippen LogP contribution >= 0.6 is 0 Å². The molecule has 5 aliphatic rings. The van der Waals surface area contributed by atoms with Crippen molar-refractivity contribution in [3.05, 3.63) is 24.3 Å². The van der Waals surface area contributed by atoms with E-state index in [9.17, 15) is 9.59 Å². The number of rotatable bonds is 7. The third-order valence-corrected chi connectivity index (χ3v) is 7.60. The zero-order valence-corrected chi connectivity index (χ0v) is 17.4. The second-order valence-electron chi connectivity index (χ2n) is 9.96. The Bertz CT molecular complexity index is 753. The lowest BCUT2D eigenvalue weighted by Gasteiger charge is -2.57. The molecule has 1 aromatic rings. The fraction of sp³-hybridized carbons (Fsp3) is 0.667. The van der Waals surface area contributed by atoms with E-state index in [1.165, 1.54) is 43.4 Å². The molecular weight excluding hydrogens is 364 g/mol. The second-order valence-corrected chi connectivity index (χ2v) is 9.96. The Morgan fingerprint density at radius 2 is 1.66 bits per heavy atom. The molecule has 1 atom stereocenters. The molecule has 1 saturated heterocycles. The minimum absolute atomic E-state index is 0.109. The first-order chi connectivity index (χ1) is 14.0. The minimum Gasteiger partial charge on any atom is -0.494 e. The molecule has 0 unspecified atom stereocenters. The van der Waals surface area contributed by atoms with Gasteiger partial charge in [0.15, 0.2) is 0 Å². The van der Waals surface area contributed by atoms with E-state index >= 15 is 0 Å². The largest absolute Gasteiger partial charge is 0.494 e. The average Bonchev–Trinajstić information content (AvgIpc) is 2.98. The highest BCUT2D eigenvalue weighted by molar-refractivity contribution is 6.22. The highest BCUT2D eigenvalue weighted by Crippen LogP contribution is 2.59. The van der Waals surface area contributed by atoms with Crippen molar-refractivity contribution in [2.75, 3.05) is 18.1 Å². The van der Waals surface area contributed by atoms with Gasteiger partial charge >= 0.3 is 0 Å². The van der Waals surface area contributed by atoms with Crippen LogP contribution in [0.5, 0.6) is 5.75 Å². The van der Waals surface area contributed by atoms with Crippen molar-refractivity contribution in [3.63, 3.8) is 0 Å². The van der Waals surface area contributed by atoms with Gasteiger partial charge in [-0.1, -0.05) is 6.92 Å². The number of hydrogen-bond donors (Lipinski definition) is 1. The lowest BCUT2D eigenvalue weighted by molar-refractivity contribution is -0.121. The molecular formula is C24H32N2O3. The van der Waals surface area contributed by atoms with E-state index in [2.05, 4.69) is 12.2 Å². The zero-order chi connectivity index (χ0) is 20.0. The fourth-order valence-electron chi connectivity index (χ4n) is 6.82. The number of nitrogens with one attached hydrogen (secondary N) is 1. The maximum Gasteiger partial charge on any atom is 0.251 e. The van der Waals surface area contributed by atoms with Crippen molar-refractivity contribution in [2.45, 2.75) is 64.3 Å². The predicted molar refractivity (Wildman–Crippen MR) is 112 cm³/mol. The Morgan fingerprint density at radius 1 is 1.03 bits per heavy atom. The summed E-state index contributed by atoms with van der Waals surface area (Å²) in [5, 5.41) is 3.52. The number of carbonyl (C=O) groups excluding carboxylic acids is 2. The summed E-state index contributed by atoms with van der Waals surface area (Å²) in [6.45, 7) is 3.61. The van der Waals surface area contributed by atoms with Crippen LogP contribution in [0.4, 0.5) is 5.69 Å². The summed E-state index contributed by atoms with van der Waals surface area (Å²) in [5.41, 5.74) is 1.01. The topological polar surface area (TPSA) is 58.6 Å². The third kappa shape index (κ3) is 3.58. The molecule has 2 amide bonds. The molecule has 4 aliphatic carbocycles. The Labute approximate surface area is 173 Å². The third-order valence-electron chi connectivity index (χ3n) is 7.60. The van der Waals surface area contributed by atoms with Gasteiger partial charge in [-0.25, -0.2) is 4.90 Å². The maximum absolute atomic E-state index is 13.0. The van der Waals surface area contributed by atoms with Crippen molar-refractivity contribution in [3.8, 4) is 5.75 Å². The van der Waals surface area contributed by atoms with Crippen LogP contribution < -0.4 is 15.0 Å². The van der Waals surface area contributed by atoms with Crippen LogP contribution in [0, 0.1) is 23.2 Å². The molecule has 0 radical (unpaired) electrons. The molecule has 4 saturated carbocycles. The van der Waals surface area contributed by atoms with Crippen LogP contribution in [-0.4, -0.2) is 31.0 Å². The van der Waals surface area contributed by atoms with Crippen molar-refractivity contribution >= 4 is 17.5 Å². The Kier molecular flexibility index (Phi) is 4.89. The first kappa shape index (κ1) is 19.1. The summed E-state index contributed by atoms with van der Waals surface area (Å²) in [5.74, 6) is 3.24. The number of ether oxygens (including phenoxy) is 1. The molecule has 5 heteroatoms. The van der Waals surface area contributed by atoms with Crippen LogP contribution in [-0.2, 0) is 9.59 Å². The normalized spacial score (nSPS) is 35.6. The number of amides is 2. The van der Waals surface area contributed by atoms with Gasteiger partial charge in [0.25, 0.3) is 5.91 Å². The predicted octanol–water partition coefficient (Wildman–Crippen LogP) is 3.91. The summed E-state index contributed by atoms with van der Waals surface area (Å²) in [6.07, 6.45) is 9.40. The van der Waals surface area contributed by atoms with Gasteiger partial charge in [0.05, 0.1) is 24.8 Å². The molecule has 4 bridgehead atoms. The maximum atomic E-state index is 13.0. The highest BCUT2D eigenvalue weighted by atomic mass is 16.5. The van der Waals surface area contributed by atoms with Crippen LogP contribution in [0.25, 0.3) is 0 Å². The van der Waals surface area contributed by atoms with Gasteiger partial charge in [-0.15, -0.1) is 0 Å². The number of carbonyl (C=O) groups is 2. The van der Waals surface area contributed by atoms with Crippen LogP contribution in [0.1, 0.15) is 58.3 Å². The smallest absolute Gasteiger partial charge is 0.251 e. The van der Waals surface area contributed by atoms with Crippen molar-refractivity contribution in [1.82, 2.24) is 5.32 Å². The van der Waals surface area contributed by atoms with Gasteiger partial charge < -0.3 is 10.1 Å². The number of benzene rings is 1. The molecule has 0 aromatic heterocycles. The fourth-order valence-corrected chi connectivity index (χ4v) is 6.82. The number of anilines is 1. The molecule has 1 heterocycles. The Hall–Kier alpha value is -1.88. The van der Waals surface area contributed by atoms with Gasteiger partial charge in [-0.05, 0) is 92.4 Å². The molecule has 1 N–H and O–H groups in total. The molecule has 1 aromatic carbocycles. The summed E-state index contributed by atoms with van der Waals surface area (Å²) in [6, 6.07) is 6.90. The van der Waals surface area contributed by atoms with E-state index in [1.807, 2.05) is 24.3 Å². The molecule has 6 rings (SSSR count). The molecule has 29 heavy (non-hydrogen) atoms. The van der Waals surface area contributed by atoms with Gasteiger partial charge in [0.1, 0.15) is 5.75 Å². The molecule has 1 aliphatic heterocycles. The number of hydrogen-bond acceptors (Lipinski definition) is 4. The van der Waals surface area contributed by atoms with Crippen molar-refractivity contribution in [2.24, 2.45) is 23.2 Å². The molecule has 5 nitrogen and oxygen atoms in total. The minimum atomic E-state index is -0.383. The first-order valence-corrected chi connectivity index (χ1v) is 11.4. The van der Waals surface area contributed by atoms with Gasteiger partial charge in [-0.2, -0.15) is 0 Å². The molecule has 156 valence electrons. The monoisotopic (exact) mass is 396 g/mol. The molecule has 5 fully saturated rings. The number of nitrogens with zero attached hydrogens (tertiary/aromatic N) is 1. The first-order valence-electron chi connectivity index (χ1n) is 11.4. The second kappa shape index (κ2) is 7.42. The lowest BCUT2D eigenvalue weighted by Crippen LogP contribution is -2.52. The molecule has 0 spiro atoms. The van der Waals surface area contributed by atoms with Crippen LogP contribution in [0.15, 0.2) is 24.3 Å². The Morgan fingerprint density at radius 3 is 2.24 bits per heavy atom. The van der Waals surface area contributed by atoms with Gasteiger partial charge in [-0.3, -0.25) is 9.59 Å². The quantitative estimate of drug-likeness (QED) is 0.710. The summed E-state index contributed by atoms with van der Waals surface area (Å²) in [7, 11) is 0. The van der Waals surface area contributed by atoms with Gasteiger partial charge in [0, 0.05) is 6.54 Å². The average molecular weight is 397 g/mol. The van der Waals surface area contributed by atoms with E-state index in [0.717, 1.165) is 36.5 Å². The summed E-state index contributed by atoms with van der Waals surface area (Å²) >= 11 is 0. The summed E-state index contributed by atoms with van der Waals surface area (Å²) < 4.78 is 5.60. The van der Waals surface area contributed by atoms with E-state index in [1.54, 1.807) is 0 Å². The number of imide groups is 1. The van der Waals surface area contributed by atoms with Crippen molar-refractivity contribution in [1.29, 1.82) is 0 Å². The van der Waals surface area contributed by atoms with Gasteiger partial charge in [0.2, 0.25) is 5.91 Å². The van der Waals surface area contributed by atoms with E-state index in [0.29, 0.717) is 17.7 Å². The SMILES string of the molecule is CCCOc1ccc(N2C(=O)C[C@H](NCC34CC5CC(CC(C5)C3)C4)C2=O)cc1. The van der Waals surface area contributed by atoms with Crippen LogP contribution in [0.3, 0.4) is 0 Å². The zero-order valence-electron chi connectivity index (χ0n) is 17.4. The lowest BCUT2D eigenvalue weighted by atomic mass is 9.49. The highest BCUT2D eigenvalue weighted by Gasteiger charge is 2.51. The summed E-state index contributed by atoms with van der Waals surface area (Å²) in [4.78, 5) is 27.0. The van der Waals surface area contributed by atoms with E-state index < -0.39 is 0 Å². The van der Waals surface area contributed by atoms with E-state index in [-0.39, 0.29) is 24.3 Å². The van der Waals surface area contributed by atoms with E-state index in [4.69, 9.17) is 4.74 Å². The van der Waals surface area contributed by atoms with Crippen molar-refractivity contribution < 1.29 is 14.3 Å². The standard InChI is InChI=1S/C24H32N2O3/c1-2-7-29-20-5-3-19(4-6-20)26-22(27)11-21(23(26)28)25-15-24-12-16-8-17(13-24)10-18(9-16)14-24/h3-6,16-18,21,25H,2,7-15H2,1H3/t16?,17?,18?,21-,24?/m0/s1. The van der Waals surface area contributed by atoms with Crippen LogP contribution in [0.2, 0.25) is 0 Å². The Balaban J connectivity index is 1.23.